The fraction of sp³-hybridized carbons (Fsp3) is 0.261. The van der Waals surface area contributed by atoms with E-state index in [-0.39, 0.29) is 17.5 Å². The minimum absolute atomic E-state index is 0.0306. The Bertz CT molecular complexity index is 1000. The van der Waals surface area contributed by atoms with Crippen molar-refractivity contribution in [3.63, 3.8) is 0 Å². The maximum absolute atomic E-state index is 13.4. The second-order valence-corrected chi connectivity index (χ2v) is 7.98. The van der Waals surface area contributed by atoms with E-state index in [9.17, 15) is 9.18 Å². The van der Waals surface area contributed by atoms with Crippen molar-refractivity contribution < 1.29 is 9.18 Å². The number of aromatic nitrogens is 3. The molecular weight excluding hydrogens is 399 g/mol. The number of hydrogen-bond donors (Lipinski definition) is 0. The Labute approximate surface area is 180 Å². The normalized spacial score (nSPS) is 10.8. The van der Waals surface area contributed by atoms with Crippen molar-refractivity contribution in [1.82, 2.24) is 19.7 Å². The van der Waals surface area contributed by atoms with Gasteiger partial charge in [-0.3, -0.25) is 9.36 Å². The Morgan fingerprint density at radius 1 is 1.13 bits per heavy atom. The Balaban J connectivity index is 1.85. The highest BCUT2D eigenvalue weighted by molar-refractivity contribution is 7.99. The molecule has 7 heteroatoms. The monoisotopic (exact) mass is 424 g/mol. The molecule has 0 aliphatic heterocycles. The molecule has 0 aliphatic rings. The fourth-order valence-electron chi connectivity index (χ4n) is 3.04. The third-order valence-electron chi connectivity index (χ3n) is 4.52. The number of halogens is 1. The van der Waals surface area contributed by atoms with Crippen LogP contribution < -0.4 is 0 Å². The maximum atomic E-state index is 13.4. The maximum Gasteiger partial charge on any atom is 0.233 e. The summed E-state index contributed by atoms with van der Waals surface area (Å²) in [6.45, 7) is 9.49. The predicted molar refractivity (Wildman–Crippen MR) is 119 cm³/mol. The second-order valence-electron chi connectivity index (χ2n) is 7.04. The molecule has 1 heterocycles. The summed E-state index contributed by atoms with van der Waals surface area (Å²) in [6, 6.07) is 16.2. The summed E-state index contributed by atoms with van der Waals surface area (Å²) in [6.07, 6.45) is 0. The number of thioether (sulfide) groups is 1. The molecule has 2 aromatic carbocycles. The van der Waals surface area contributed by atoms with Crippen molar-refractivity contribution in [2.24, 2.45) is 0 Å². The van der Waals surface area contributed by atoms with Crippen LogP contribution in [0.4, 0.5) is 4.39 Å². The SMILES string of the molecule is C=C(C)CN(CC)C(=O)CSc1nnc(-c2ccc(F)cc2)n1Cc1ccccc1. The first-order chi connectivity index (χ1) is 14.5. The van der Waals surface area contributed by atoms with Crippen molar-refractivity contribution in [2.75, 3.05) is 18.8 Å². The molecule has 0 bridgehead atoms. The summed E-state index contributed by atoms with van der Waals surface area (Å²) in [5.41, 5.74) is 2.81. The van der Waals surface area contributed by atoms with Crippen molar-refractivity contribution in [2.45, 2.75) is 25.5 Å². The molecule has 1 aromatic heterocycles. The average Bonchev–Trinajstić information content (AvgIpc) is 3.13. The highest BCUT2D eigenvalue weighted by atomic mass is 32.2. The zero-order chi connectivity index (χ0) is 21.5. The molecule has 156 valence electrons. The van der Waals surface area contributed by atoms with E-state index in [1.807, 2.05) is 48.7 Å². The summed E-state index contributed by atoms with van der Waals surface area (Å²) < 4.78 is 15.3. The lowest BCUT2D eigenvalue weighted by Gasteiger charge is -2.20. The highest BCUT2D eigenvalue weighted by Crippen LogP contribution is 2.25. The van der Waals surface area contributed by atoms with E-state index in [2.05, 4.69) is 16.8 Å². The lowest BCUT2D eigenvalue weighted by atomic mass is 10.2. The van der Waals surface area contributed by atoms with Gasteiger partial charge < -0.3 is 4.90 Å². The van der Waals surface area contributed by atoms with E-state index in [0.717, 1.165) is 16.7 Å². The van der Waals surface area contributed by atoms with E-state index in [1.165, 1.54) is 23.9 Å². The van der Waals surface area contributed by atoms with Crippen LogP contribution in [0.15, 0.2) is 71.9 Å². The topological polar surface area (TPSA) is 51.0 Å². The predicted octanol–water partition coefficient (Wildman–Crippen LogP) is 4.65. The Kier molecular flexibility index (Phi) is 7.41. The molecule has 0 saturated carbocycles. The van der Waals surface area contributed by atoms with Crippen LogP contribution in [0.5, 0.6) is 0 Å². The first-order valence-electron chi connectivity index (χ1n) is 9.76. The first kappa shape index (κ1) is 21.8. The van der Waals surface area contributed by atoms with Crippen molar-refractivity contribution in [3.05, 3.63) is 78.1 Å². The van der Waals surface area contributed by atoms with Gasteiger partial charge in [-0.1, -0.05) is 54.2 Å². The molecule has 0 aliphatic carbocycles. The third kappa shape index (κ3) is 5.57. The Morgan fingerprint density at radius 2 is 1.83 bits per heavy atom. The molecule has 1 amide bonds. The largest absolute Gasteiger partial charge is 0.338 e. The second kappa shape index (κ2) is 10.2. The molecule has 5 nitrogen and oxygen atoms in total. The standard InChI is InChI=1S/C23H25FN4OS/c1-4-27(14-17(2)3)21(29)16-30-23-26-25-22(19-10-12-20(24)13-11-19)28(23)15-18-8-6-5-7-9-18/h5-13H,2,4,14-16H2,1,3H3. The summed E-state index contributed by atoms with van der Waals surface area (Å²) in [7, 11) is 0. The number of benzene rings is 2. The quantitative estimate of drug-likeness (QED) is 0.371. The van der Waals surface area contributed by atoms with Crippen LogP contribution >= 0.6 is 11.8 Å². The van der Waals surface area contributed by atoms with Gasteiger partial charge in [0.25, 0.3) is 0 Å². The van der Waals surface area contributed by atoms with Gasteiger partial charge in [0.15, 0.2) is 11.0 Å². The Morgan fingerprint density at radius 3 is 2.47 bits per heavy atom. The molecule has 0 fully saturated rings. The molecule has 0 radical (unpaired) electrons. The number of rotatable bonds is 9. The minimum Gasteiger partial charge on any atom is -0.338 e. The fourth-order valence-corrected chi connectivity index (χ4v) is 3.88. The van der Waals surface area contributed by atoms with E-state index < -0.39 is 0 Å². The van der Waals surface area contributed by atoms with Crippen molar-refractivity contribution in [3.8, 4) is 11.4 Å². The number of carbonyl (C=O) groups is 1. The van der Waals surface area contributed by atoms with Gasteiger partial charge in [-0.05, 0) is 43.7 Å². The molecular formula is C23H25FN4OS. The highest BCUT2D eigenvalue weighted by Gasteiger charge is 2.18. The van der Waals surface area contributed by atoms with Crippen LogP contribution in [0.3, 0.4) is 0 Å². The van der Waals surface area contributed by atoms with Crippen LogP contribution in [-0.4, -0.2) is 44.4 Å². The lowest BCUT2D eigenvalue weighted by Crippen LogP contribution is -2.33. The Hall–Kier alpha value is -2.93. The van der Waals surface area contributed by atoms with Gasteiger partial charge in [-0.25, -0.2) is 4.39 Å². The molecule has 0 atom stereocenters. The van der Waals surface area contributed by atoms with Gasteiger partial charge in [0, 0.05) is 18.7 Å². The summed E-state index contributed by atoms with van der Waals surface area (Å²) in [4.78, 5) is 14.4. The van der Waals surface area contributed by atoms with E-state index >= 15 is 0 Å². The number of carbonyl (C=O) groups excluding carboxylic acids is 1. The summed E-state index contributed by atoms with van der Waals surface area (Å²) in [5, 5.41) is 9.31. The molecule has 0 N–H and O–H groups in total. The van der Waals surface area contributed by atoms with Crippen LogP contribution in [0.25, 0.3) is 11.4 Å². The molecule has 3 rings (SSSR count). The number of likely N-dealkylation sites (N-methyl/N-ethyl adjacent to an activating group) is 1. The molecule has 0 saturated heterocycles. The molecule has 0 spiro atoms. The zero-order valence-corrected chi connectivity index (χ0v) is 18.0. The number of hydrogen-bond acceptors (Lipinski definition) is 4. The van der Waals surface area contributed by atoms with Crippen molar-refractivity contribution in [1.29, 1.82) is 0 Å². The lowest BCUT2D eigenvalue weighted by molar-refractivity contribution is -0.127. The van der Waals surface area contributed by atoms with Crippen LogP contribution in [0.2, 0.25) is 0 Å². The summed E-state index contributed by atoms with van der Waals surface area (Å²) >= 11 is 1.36. The first-order valence-corrected chi connectivity index (χ1v) is 10.7. The smallest absolute Gasteiger partial charge is 0.233 e. The minimum atomic E-state index is -0.301. The van der Waals surface area contributed by atoms with Gasteiger partial charge in [0.05, 0.1) is 12.3 Å². The van der Waals surface area contributed by atoms with Crippen LogP contribution in [0.1, 0.15) is 19.4 Å². The van der Waals surface area contributed by atoms with Gasteiger partial charge in [-0.15, -0.1) is 10.2 Å². The van der Waals surface area contributed by atoms with Gasteiger partial charge in [0.1, 0.15) is 5.82 Å². The van der Waals surface area contributed by atoms with Gasteiger partial charge in [0.2, 0.25) is 5.91 Å². The average molecular weight is 425 g/mol. The molecule has 30 heavy (non-hydrogen) atoms. The van der Waals surface area contributed by atoms with E-state index in [4.69, 9.17) is 0 Å². The van der Waals surface area contributed by atoms with E-state index in [1.54, 1.807) is 17.0 Å². The number of amides is 1. The van der Waals surface area contributed by atoms with Gasteiger partial charge in [-0.2, -0.15) is 0 Å². The molecule has 0 unspecified atom stereocenters. The third-order valence-corrected chi connectivity index (χ3v) is 5.47. The molecule has 3 aromatic rings. The van der Waals surface area contributed by atoms with E-state index in [0.29, 0.717) is 30.6 Å². The van der Waals surface area contributed by atoms with Crippen LogP contribution in [0, 0.1) is 5.82 Å². The van der Waals surface area contributed by atoms with Gasteiger partial charge >= 0.3 is 0 Å². The van der Waals surface area contributed by atoms with Crippen LogP contribution in [-0.2, 0) is 11.3 Å². The number of nitrogens with zero attached hydrogens (tertiary/aromatic N) is 4. The zero-order valence-electron chi connectivity index (χ0n) is 17.2. The van der Waals surface area contributed by atoms with Crippen molar-refractivity contribution >= 4 is 17.7 Å². The summed E-state index contributed by atoms with van der Waals surface area (Å²) in [5.74, 6) is 0.633.